The molecule has 7 aliphatic rings. The van der Waals surface area contributed by atoms with Crippen LogP contribution in [0.1, 0.15) is 37.8 Å². The molecule has 5 fully saturated rings. The molecular formula is C20H19N3O2. The smallest absolute Gasteiger partial charge is 0.245 e. The van der Waals surface area contributed by atoms with E-state index in [1.807, 2.05) is 39.7 Å². The van der Waals surface area contributed by atoms with Crippen LogP contribution in [0.3, 0.4) is 0 Å². The Hall–Kier alpha value is -2.04. The lowest BCUT2D eigenvalue weighted by Crippen LogP contribution is -2.53. The van der Waals surface area contributed by atoms with E-state index in [9.17, 15) is 9.59 Å². The van der Waals surface area contributed by atoms with Crippen molar-refractivity contribution in [1.82, 2.24) is 13.9 Å². The summed E-state index contributed by atoms with van der Waals surface area (Å²) < 4.78 is 5.28. The average Bonchev–Trinajstić information content (AvgIpc) is 3.41. The van der Waals surface area contributed by atoms with Crippen LogP contribution in [0, 0.1) is 34.5 Å². The summed E-state index contributed by atoms with van der Waals surface area (Å²) in [6.07, 6.45) is 5.19. The number of rotatable bonds is 1. The average molecular weight is 333 g/mol. The highest BCUT2D eigenvalue weighted by atomic mass is 16.2. The van der Waals surface area contributed by atoms with Crippen LogP contribution in [-0.2, 0) is 0 Å². The third kappa shape index (κ3) is 0.876. The zero-order valence-corrected chi connectivity index (χ0v) is 13.8. The number of hydrogen-bond acceptors (Lipinski definition) is 2. The molecule has 126 valence electrons. The molecular weight excluding hydrogens is 314 g/mol. The van der Waals surface area contributed by atoms with Crippen molar-refractivity contribution in [3.05, 3.63) is 51.3 Å². The topological polar surface area (TPSA) is 48.9 Å². The molecule has 5 aliphatic carbocycles. The Morgan fingerprint density at radius 3 is 1.92 bits per heavy atom. The monoisotopic (exact) mass is 333 g/mol. The largest absolute Gasteiger partial charge is 0.352 e. The number of nitrogens with zero attached hydrogens (tertiary/aromatic N) is 3. The van der Waals surface area contributed by atoms with E-state index < -0.39 is 0 Å². The number of hydrogen-bond donors (Lipinski definition) is 0. The van der Waals surface area contributed by atoms with Crippen LogP contribution in [0.4, 0.5) is 0 Å². The Balaban J connectivity index is 1.47. The normalized spacial score (nSPS) is 51.2. The number of para-hydroxylation sites is 1. The predicted molar refractivity (Wildman–Crippen MR) is 89.7 cm³/mol. The zero-order chi connectivity index (χ0) is 16.3. The highest BCUT2D eigenvalue weighted by molar-refractivity contribution is 5.49. The molecule has 2 aromatic rings. The first kappa shape index (κ1) is 12.3. The van der Waals surface area contributed by atoms with Crippen LogP contribution in [0.25, 0.3) is 5.69 Å². The minimum absolute atomic E-state index is 0.101. The first-order valence-electron chi connectivity index (χ1n) is 9.77. The van der Waals surface area contributed by atoms with E-state index in [4.69, 9.17) is 0 Å². The van der Waals surface area contributed by atoms with E-state index in [1.54, 1.807) is 0 Å². The molecule has 3 heterocycles. The molecule has 5 saturated carbocycles. The molecule has 1 aromatic carbocycles. The molecule has 8 atom stereocenters. The minimum atomic E-state index is -0.101. The molecule has 0 N–H and O–H groups in total. The Morgan fingerprint density at radius 2 is 1.36 bits per heavy atom. The van der Waals surface area contributed by atoms with Gasteiger partial charge in [0.2, 0.25) is 0 Å². The first-order chi connectivity index (χ1) is 12.2. The van der Waals surface area contributed by atoms with E-state index in [0.717, 1.165) is 11.8 Å². The molecule has 0 amide bonds. The van der Waals surface area contributed by atoms with E-state index >= 15 is 0 Å². The van der Waals surface area contributed by atoms with E-state index in [0.29, 0.717) is 40.4 Å². The molecule has 5 nitrogen and oxygen atoms in total. The van der Waals surface area contributed by atoms with Crippen molar-refractivity contribution in [3.63, 3.8) is 0 Å². The minimum Gasteiger partial charge on any atom is -0.245 e. The first-order valence-corrected chi connectivity index (χ1v) is 9.77. The fourth-order valence-corrected chi connectivity index (χ4v) is 9.09. The molecule has 0 radical (unpaired) electrons. The van der Waals surface area contributed by atoms with Crippen LogP contribution in [0.2, 0.25) is 0 Å². The van der Waals surface area contributed by atoms with Gasteiger partial charge >= 0.3 is 11.4 Å². The lowest BCUT2D eigenvalue weighted by Gasteiger charge is -2.50. The molecule has 9 rings (SSSR count). The maximum atomic E-state index is 13.3. The quantitative estimate of drug-likeness (QED) is 0.801. The van der Waals surface area contributed by atoms with Crippen molar-refractivity contribution in [2.45, 2.75) is 37.8 Å². The van der Waals surface area contributed by atoms with Gasteiger partial charge in [0.15, 0.2) is 0 Å². The second kappa shape index (κ2) is 3.19. The maximum absolute atomic E-state index is 13.3. The van der Waals surface area contributed by atoms with Gasteiger partial charge in [-0.25, -0.2) is 23.5 Å². The summed E-state index contributed by atoms with van der Waals surface area (Å²) in [5.41, 5.74) is 1.25. The second-order valence-corrected chi connectivity index (χ2v) is 9.31. The Labute approximate surface area is 143 Å². The van der Waals surface area contributed by atoms with Gasteiger partial charge < -0.3 is 0 Å². The van der Waals surface area contributed by atoms with Crippen LogP contribution in [0.5, 0.6) is 0 Å². The van der Waals surface area contributed by atoms with Gasteiger partial charge in [-0.1, -0.05) is 31.0 Å². The standard InChI is InChI=1S/C20H19N3O2/c24-17-21(10-6-2-1-3-7-10)18(25)23-16-13-11-12(13)15(22(17)23)19-8-4-5-9-20(16,19)14(11)19/h1-3,6-7,11-16H,4-5,8-9H2/t11?,12-,13-,14?,15+,16+,19-,20+/m0/s1. The fourth-order valence-electron chi connectivity index (χ4n) is 9.09. The molecule has 0 saturated heterocycles. The predicted octanol–water partition coefficient (Wildman–Crippen LogP) is 1.96. The summed E-state index contributed by atoms with van der Waals surface area (Å²) >= 11 is 0. The van der Waals surface area contributed by atoms with Crippen LogP contribution in [-0.4, -0.2) is 13.9 Å². The Morgan fingerprint density at radius 1 is 0.800 bits per heavy atom. The highest BCUT2D eigenvalue weighted by Crippen LogP contribution is 3.04. The van der Waals surface area contributed by atoms with Gasteiger partial charge in [-0.3, -0.25) is 0 Å². The maximum Gasteiger partial charge on any atom is 0.352 e. The molecule has 2 spiro atoms. The summed E-state index contributed by atoms with van der Waals surface area (Å²) in [7, 11) is 0. The molecule has 1 aromatic heterocycles. The molecule has 5 heteroatoms. The van der Waals surface area contributed by atoms with Crippen LogP contribution < -0.4 is 11.4 Å². The van der Waals surface area contributed by atoms with Crippen LogP contribution >= 0.6 is 0 Å². The summed E-state index contributed by atoms with van der Waals surface area (Å²) in [5, 5.41) is 0. The molecule has 25 heavy (non-hydrogen) atoms. The van der Waals surface area contributed by atoms with E-state index in [2.05, 4.69) is 0 Å². The summed E-state index contributed by atoms with van der Waals surface area (Å²) in [5.74, 6) is 3.03. The second-order valence-electron chi connectivity index (χ2n) is 9.31. The molecule has 2 unspecified atom stereocenters. The molecule has 2 bridgehead atoms. The third-order valence-electron chi connectivity index (χ3n) is 9.23. The van der Waals surface area contributed by atoms with Gasteiger partial charge in [-0.05, 0) is 48.6 Å². The Bertz CT molecular complexity index is 1040. The lowest BCUT2D eigenvalue weighted by atomic mass is 9.65. The Kier molecular flexibility index (Phi) is 1.58. The van der Waals surface area contributed by atoms with Gasteiger partial charge in [0, 0.05) is 10.8 Å². The summed E-state index contributed by atoms with van der Waals surface area (Å²) in [6.45, 7) is 0. The van der Waals surface area contributed by atoms with Gasteiger partial charge in [0.05, 0.1) is 17.8 Å². The van der Waals surface area contributed by atoms with Crippen molar-refractivity contribution < 1.29 is 0 Å². The van der Waals surface area contributed by atoms with Gasteiger partial charge in [0.1, 0.15) is 0 Å². The van der Waals surface area contributed by atoms with Gasteiger partial charge in [-0.15, -0.1) is 0 Å². The van der Waals surface area contributed by atoms with Crippen molar-refractivity contribution in [1.29, 1.82) is 0 Å². The highest BCUT2D eigenvalue weighted by Gasteiger charge is 3.02. The van der Waals surface area contributed by atoms with Crippen molar-refractivity contribution in [2.75, 3.05) is 0 Å². The third-order valence-corrected chi connectivity index (χ3v) is 9.23. The fraction of sp³-hybridized carbons (Fsp3) is 0.600. The zero-order valence-electron chi connectivity index (χ0n) is 13.8. The summed E-state index contributed by atoms with van der Waals surface area (Å²) in [4.78, 5) is 26.7. The summed E-state index contributed by atoms with van der Waals surface area (Å²) in [6, 6.07) is 10.1. The van der Waals surface area contributed by atoms with E-state index in [-0.39, 0.29) is 11.4 Å². The van der Waals surface area contributed by atoms with E-state index in [1.165, 1.54) is 30.3 Å². The van der Waals surface area contributed by atoms with Crippen LogP contribution in [0.15, 0.2) is 39.9 Å². The lowest BCUT2D eigenvalue weighted by molar-refractivity contribution is -0.0241. The number of aromatic nitrogens is 3. The van der Waals surface area contributed by atoms with Crippen molar-refractivity contribution in [3.8, 4) is 5.69 Å². The van der Waals surface area contributed by atoms with Crippen molar-refractivity contribution >= 4 is 0 Å². The molecule has 2 aliphatic heterocycles. The van der Waals surface area contributed by atoms with Gasteiger partial charge in [0.25, 0.3) is 0 Å². The van der Waals surface area contributed by atoms with Crippen molar-refractivity contribution in [2.24, 2.45) is 34.5 Å². The SMILES string of the molecule is O=c1n(-c2ccccc2)c(=O)n2n1[C@@H]1[C@H]3C4C5[C@@]16CCCC[C@]56[C@H]2[C@@H]43. The van der Waals surface area contributed by atoms with Gasteiger partial charge in [-0.2, -0.15) is 0 Å². The number of benzene rings is 1.